The van der Waals surface area contributed by atoms with Crippen LogP contribution in [0, 0.1) is 23.2 Å². The Morgan fingerprint density at radius 3 is 2.76 bits per heavy atom. The van der Waals surface area contributed by atoms with Gasteiger partial charge in [-0.2, -0.15) is 0 Å². The lowest BCUT2D eigenvalue weighted by molar-refractivity contribution is -0.145. The van der Waals surface area contributed by atoms with Gasteiger partial charge in [0.25, 0.3) is 0 Å². The Kier molecular flexibility index (Phi) is 5.67. The molecule has 0 aromatic heterocycles. The number of carboxylic acids is 1. The Labute approximate surface area is 173 Å². The second kappa shape index (κ2) is 8.07. The van der Waals surface area contributed by atoms with E-state index in [1.54, 1.807) is 0 Å². The third kappa shape index (κ3) is 3.68. The van der Waals surface area contributed by atoms with E-state index in [2.05, 4.69) is 29.4 Å². The lowest BCUT2D eigenvalue weighted by Crippen LogP contribution is -2.71. The first-order valence-corrected chi connectivity index (χ1v) is 10.9. The Balaban J connectivity index is 1.59. The van der Waals surface area contributed by atoms with Crippen LogP contribution in [0.4, 0.5) is 0 Å². The number of hydrogen-bond acceptors (Lipinski definition) is 4. The second-order valence-corrected chi connectivity index (χ2v) is 9.52. The van der Waals surface area contributed by atoms with Gasteiger partial charge in [-0.3, -0.25) is 14.5 Å². The molecule has 0 radical (unpaired) electrons. The van der Waals surface area contributed by atoms with Gasteiger partial charge >= 0.3 is 5.97 Å². The molecule has 1 aromatic rings. The van der Waals surface area contributed by atoms with Crippen molar-refractivity contribution in [2.24, 2.45) is 23.2 Å². The fourth-order valence-electron chi connectivity index (χ4n) is 6.20. The lowest BCUT2D eigenvalue weighted by atomic mass is 9.56. The first kappa shape index (κ1) is 20.4. The minimum atomic E-state index is -0.751. The molecule has 1 amide bonds. The average Bonchev–Trinajstić information content (AvgIpc) is 2.94. The van der Waals surface area contributed by atoms with Crippen molar-refractivity contribution in [2.75, 3.05) is 19.6 Å². The molecule has 3 saturated heterocycles. The molecule has 6 nitrogen and oxygen atoms in total. The first-order chi connectivity index (χ1) is 13.9. The number of piperidine rings is 2. The predicted octanol–water partition coefficient (Wildman–Crippen LogP) is 2.10. The van der Waals surface area contributed by atoms with Crippen LogP contribution in [0.3, 0.4) is 0 Å². The summed E-state index contributed by atoms with van der Waals surface area (Å²) in [5.41, 5.74) is 0.644. The van der Waals surface area contributed by atoms with Gasteiger partial charge in [-0.05, 0) is 36.2 Å². The van der Waals surface area contributed by atoms with E-state index in [-0.39, 0.29) is 24.3 Å². The van der Waals surface area contributed by atoms with Gasteiger partial charge in [0, 0.05) is 44.7 Å². The zero-order valence-corrected chi connectivity index (χ0v) is 17.4. The van der Waals surface area contributed by atoms with Crippen molar-refractivity contribution in [3.05, 3.63) is 35.9 Å². The normalized spacial score (nSPS) is 33.2. The fourth-order valence-corrected chi connectivity index (χ4v) is 6.20. The van der Waals surface area contributed by atoms with E-state index in [9.17, 15) is 14.7 Å². The third-order valence-electron chi connectivity index (χ3n) is 7.23. The monoisotopic (exact) mass is 399 g/mol. The standard InChI is InChI=1S/C23H33N3O3/c1-15(2)12-26-13-17-10-19-18(8-9-20(27)28)21(26)23(17,14-25-19)22(29)24-11-16-6-4-3-5-7-16/h3-7,15,17-19,21,25H,8-14H2,1-2H3,(H,24,29)(H,27,28). The number of carboxylic acid groups (broad SMARTS) is 1. The second-order valence-electron chi connectivity index (χ2n) is 9.52. The molecule has 4 bridgehead atoms. The van der Waals surface area contributed by atoms with E-state index < -0.39 is 11.4 Å². The number of nitrogens with zero attached hydrogens (tertiary/aromatic N) is 1. The zero-order chi connectivity index (χ0) is 20.6. The summed E-state index contributed by atoms with van der Waals surface area (Å²) in [5, 5.41) is 16.1. The summed E-state index contributed by atoms with van der Waals surface area (Å²) in [6, 6.07) is 10.5. The highest BCUT2D eigenvalue weighted by Crippen LogP contribution is 2.56. The molecule has 5 atom stereocenters. The van der Waals surface area contributed by atoms with E-state index in [1.165, 1.54) is 0 Å². The maximum atomic E-state index is 13.6. The number of rotatable bonds is 8. The Bertz CT molecular complexity index is 753. The van der Waals surface area contributed by atoms with Crippen molar-refractivity contribution in [2.45, 2.75) is 51.7 Å². The Morgan fingerprint density at radius 2 is 2.07 bits per heavy atom. The van der Waals surface area contributed by atoms with Gasteiger partial charge in [-0.25, -0.2) is 0 Å². The van der Waals surface area contributed by atoms with Crippen molar-refractivity contribution in [1.82, 2.24) is 15.5 Å². The number of fused-ring (bicyclic) bond motifs is 1. The molecule has 3 heterocycles. The van der Waals surface area contributed by atoms with Crippen LogP contribution in [-0.2, 0) is 16.1 Å². The van der Waals surface area contributed by atoms with Crippen LogP contribution in [-0.4, -0.2) is 53.6 Å². The van der Waals surface area contributed by atoms with Crippen molar-refractivity contribution in [1.29, 1.82) is 0 Å². The number of nitrogens with one attached hydrogen (secondary N) is 2. The van der Waals surface area contributed by atoms with Crippen molar-refractivity contribution >= 4 is 11.9 Å². The van der Waals surface area contributed by atoms with Crippen LogP contribution in [0.15, 0.2) is 30.3 Å². The summed E-state index contributed by atoms with van der Waals surface area (Å²) in [4.78, 5) is 27.4. The highest BCUT2D eigenvalue weighted by Gasteiger charge is 2.67. The van der Waals surface area contributed by atoms with Crippen molar-refractivity contribution in [3.8, 4) is 0 Å². The molecule has 4 aliphatic rings. The van der Waals surface area contributed by atoms with E-state index in [0.29, 0.717) is 37.4 Å². The minimum absolute atomic E-state index is 0.130. The first-order valence-electron chi connectivity index (χ1n) is 10.9. The minimum Gasteiger partial charge on any atom is -0.481 e. The summed E-state index contributed by atoms with van der Waals surface area (Å²) < 4.78 is 0. The van der Waals surface area contributed by atoms with E-state index in [0.717, 1.165) is 25.1 Å². The fraction of sp³-hybridized carbons (Fsp3) is 0.652. The third-order valence-corrected chi connectivity index (χ3v) is 7.23. The molecular weight excluding hydrogens is 366 g/mol. The molecule has 1 aliphatic carbocycles. The molecule has 6 heteroatoms. The highest BCUT2D eigenvalue weighted by atomic mass is 16.4. The Hall–Kier alpha value is -1.92. The van der Waals surface area contributed by atoms with Crippen molar-refractivity contribution in [3.63, 3.8) is 0 Å². The van der Waals surface area contributed by atoms with Crippen LogP contribution in [0.5, 0.6) is 0 Å². The molecule has 3 aliphatic heterocycles. The number of aliphatic carboxylic acids is 1. The van der Waals surface area contributed by atoms with E-state index in [1.807, 2.05) is 30.3 Å². The summed E-state index contributed by atoms with van der Waals surface area (Å²) >= 11 is 0. The van der Waals surface area contributed by atoms with Gasteiger partial charge in [0.1, 0.15) is 0 Å². The zero-order valence-electron chi connectivity index (χ0n) is 17.4. The number of hydrogen-bond donors (Lipinski definition) is 3. The summed E-state index contributed by atoms with van der Waals surface area (Å²) in [6.45, 7) is 7.58. The SMILES string of the molecule is CC(C)CN1CC2CC3NCC2(C(=O)NCc2ccccc2)C1C3CCC(=O)O. The quantitative estimate of drug-likeness (QED) is 0.624. The topological polar surface area (TPSA) is 81.7 Å². The number of benzene rings is 1. The van der Waals surface area contributed by atoms with Gasteiger partial charge in [-0.1, -0.05) is 44.2 Å². The highest BCUT2D eigenvalue weighted by molar-refractivity contribution is 5.85. The molecule has 3 N–H and O–H groups in total. The number of likely N-dealkylation sites (tertiary alicyclic amines) is 1. The van der Waals surface area contributed by atoms with Crippen LogP contribution in [0.2, 0.25) is 0 Å². The van der Waals surface area contributed by atoms with Crippen LogP contribution in [0.25, 0.3) is 0 Å². The Morgan fingerprint density at radius 1 is 1.31 bits per heavy atom. The molecule has 5 unspecified atom stereocenters. The summed E-state index contributed by atoms with van der Waals surface area (Å²) in [7, 11) is 0. The van der Waals surface area contributed by atoms with Crippen LogP contribution >= 0.6 is 0 Å². The predicted molar refractivity (Wildman–Crippen MR) is 111 cm³/mol. The number of carbonyl (C=O) groups excluding carboxylic acids is 1. The maximum absolute atomic E-state index is 13.6. The molecule has 1 aromatic carbocycles. The lowest BCUT2D eigenvalue weighted by Gasteiger charge is -2.56. The number of carbonyl (C=O) groups is 2. The van der Waals surface area contributed by atoms with Gasteiger partial charge in [0.15, 0.2) is 0 Å². The molecule has 4 fully saturated rings. The molecule has 5 rings (SSSR count). The molecule has 0 spiro atoms. The molecular formula is C23H33N3O3. The summed E-state index contributed by atoms with van der Waals surface area (Å²) in [5.74, 6) is 0.451. The largest absolute Gasteiger partial charge is 0.481 e. The van der Waals surface area contributed by atoms with Crippen LogP contribution < -0.4 is 10.6 Å². The van der Waals surface area contributed by atoms with Crippen LogP contribution in [0.1, 0.15) is 38.7 Å². The number of amides is 1. The van der Waals surface area contributed by atoms with Gasteiger partial charge in [0.2, 0.25) is 5.91 Å². The van der Waals surface area contributed by atoms with E-state index >= 15 is 0 Å². The van der Waals surface area contributed by atoms with Gasteiger partial charge < -0.3 is 15.7 Å². The van der Waals surface area contributed by atoms with Gasteiger partial charge in [0.05, 0.1) is 5.41 Å². The maximum Gasteiger partial charge on any atom is 0.303 e. The smallest absolute Gasteiger partial charge is 0.303 e. The summed E-state index contributed by atoms with van der Waals surface area (Å²) in [6.07, 6.45) is 1.77. The van der Waals surface area contributed by atoms with Gasteiger partial charge in [-0.15, -0.1) is 0 Å². The molecule has 1 saturated carbocycles. The molecule has 158 valence electrons. The van der Waals surface area contributed by atoms with E-state index in [4.69, 9.17) is 0 Å². The average molecular weight is 400 g/mol. The van der Waals surface area contributed by atoms with Crippen molar-refractivity contribution < 1.29 is 14.7 Å². The molecule has 29 heavy (non-hydrogen) atoms.